The van der Waals surface area contributed by atoms with Crippen molar-refractivity contribution < 1.29 is 18.0 Å². The summed E-state index contributed by atoms with van der Waals surface area (Å²) in [6.07, 6.45) is -2.74. The monoisotopic (exact) mass is 302 g/mol. The zero-order chi connectivity index (χ0) is 15.6. The average Bonchev–Trinajstić information content (AvgIpc) is 2.40. The molecule has 1 amide bonds. The van der Waals surface area contributed by atoms with Crippen molar-refractivity contribution in [2.45, 2.75) is 13.1 Å². The van der Waals surface area contributed by atoms with Gasteiger partial charge in [0.1, 0.15) is 0 Å². The number of nitrogens with zero attached hydrogens (tertiary/aromatic N) is 3. The molecule has 1 saturated heterocycles. The third kappa shape index (κ3) is 4.07. The molecule has 1 aliphatic heterocycles. The van der Waals surface area contributed by atoms with Crippen LogP contribution in [0.4, 0.5) is 18.9 Å². The first-order chi connectivity index (χ1) is 9.76. The van der Waals surface area contributed by atoms with Crippen LogP contribution < -0.4 is 5.73 Å². The maximum Gasteiger partial charge on any atom is 0.401 e. The van der Waals surface area contributed by atoms with Crippen LogP contribution in [0.3, 0.4) is 0 Å². The Bertz CT molecular complexity index is 525. The Balaban J connectivity index is 1.99. The van der Waals surface area contributed by atoms with Crippen molar-refractivity contribution in [1.82, 2.24) is 14.8 Å². The van der Waals surface area contributed by atoms with E-state index >= 15 is 0 Å². The fourth-order valence-electron chi connectivity index (χ4n) is 2.30. The van der Waals surface area contributed by atoms with Gasteiger partial charge < -0.3 is 10.6 Å². The number of rotatable bonds is 2. The summed E-state index contributed by atoms with van der Waals surface area (Å²) in [5.41, 5.74) is 6.97. The number of piperazine rings is 1. The number of nitrogen functional groups attached to an aromatic ring is 1. The molecule has 1 fully saturated rings. The number of carbonyl (C=O) groups is 1. The Hall–Kier alpha value is -1.83. The minimum atomic E-state index is -4.21. The molecule has 8 heteroatoms. The molecular formula is C13H17F3N4O. The van der Waals surface area contributed by atoms with Crippen LogP contribution in [0, 0.1) is 6.92 Å². The van der Waals surface area contributed by atoms with E-state index in [0.29, 0.717) is 16.9 Å². The van der Waals surface area contributed by atoms with Gasteiger partial charge in [-0.05, 0) is 13.0 Å². The highest BCUT2D eigenvalue weighted by Crippen LogP contribution is 2.19. The van der Waals surface area contributed by atoms with E-state index in [2.05, 4.69) is 4.98 Å². The zero-order valence-corrected chi connectivity index (χ0v) is 11.7. The molecule has 0 spiro atoms. The Labute approximate surface area is 120 Å². The molecule has 0 unspecified atom stereocenters. The van der Waals surface area contributed by atoms with Gasteiger partial charge in [0.2, 0.25) is 0 Å². The van der Waals surface area contributed by atoms with Gasteiger partial charge in [0.05, 0.1) is 29.7 Å². The van der Waals surface area contributed by atoms with Crippen molar-refractivity contribution in [3.63, 3.8) is 0 Å². The third-order valence-electron chi connectivity index (χ3n) is 3.40. The van der Waals surface area contributed by atoms with Crippen LogP contribution in [0.25, 0.3) is 0 Å². The highest BCUT2D eigenvalue weighted by molar-refractivity contribution is 5.96. The summed E-state index contributed by atoms with van der Waals surface area (Å²) in [6.45, 7) is 1.72. The summed E-state index contributed by atoms with van der Waals surface area (Å²) in [6, 6.07) is 1.55. The number of aromatic nitrogens is 1. The molecule has 0 atom stereocenters. The largest absolute Gasteiger partial charge is 0.401 e. The molecule has 1 aromatic heterocycles. The van der Waals surface area contributed by atoms with E-state index in [9.17, 15) is 18.0 Å². The van der Waals surface area contributed by atoms with E-state index in [1.807, 2.05) is 0 Å². The van der Waals surface area contributed by atoms with Gasteiger partial charge in [-0.2, -0.15) is 13.2 Å². The average molecular weight is 302 g/mol. The van der Waals surface area contributed by atoms with Crippen LogP contribution in [0.1, 0.15) is 16.1 Å². The van der Waals surface area contributed by atoms with Crippen molar-refractivity contribution in [2.75, 3.05) is 38.5 Å². The molecule has 2 N–H and O–H groups in total. The fraction of sp³-hybridized carbons (Fsp3) is 0.538. The summed E-state index contributed by atoms with van der Waals surface area (Å²) in [5.74, 6) is -0.237. The number of nitrogens with two attached hydrogens (primary N) is 1. The maximum atomic E-state index is 12.4. The van der Waals surface area contributed by atoms with Crippen LogP contribution >= 0.6 is 0 Å². The third-order valence-corrected chi connectivity index (χ3v) is 3.40. The Morgan fingerprint density at radius 3 is 2.52 bits per heavy atom. The first-order valence-electron chi connectivity index (χ1n) is 6.57. The van der Waals surface area contributed by atoms with Crippen LogP contribution in [-0.2, 0) is 0 Å². The molecule has 1 aromatic rings. The molecule has 0 bridgehead atoms. The summed E-state index contributed by atoms with van der Waals surface area (Å²) < 4.78 is 36.9. The van der Waals surface area contributed by atoms with E-state index in [1.54, 1.807) is 13.0 Å². The van der Waals surface area contributed by atoms with Gasteiger partial charge in [-0.25, -0.2) is 0 Å². The van der Waals surface area contributed by atoms with E-state index in [-0.39, 0.29) is 32.1 Å². The number of aryl methyl sites for hydroxylation is 1. The molecule has 116 valence electrons. The summed E-state index contributed by atoms with van der Waals surface area (Å²) in [7, 11) is 0. The van der Waals surface area contributed by atoms with Crippen LogP contribution in [-0.4, -0.2) is 59.6 Å². The Kier molecular flexibility index (Phi) is 4.36. The summed E-state index contributed by atoms with van der Waals surface area (Å²) in [5, 5.41) is 0. The highest BCUT2D eigenvalue weighted by atomic mass is 19.4. The quantitative estimate of drug-likeness (QED) is 0.894. The Morgan fingerprint density at radius 1 is 1.33 bits per heavy atom. The predicted molar refractivity (Wildman–Crippen MR) is 71.8 cm³/mol. The van der Waals surface area contributed by atoms with Gasteiger partial charge in [0.25, 0.3) is 5.91 Å². The molecule has 0 radical (unpaired) electrons. The zero-order valence-electron chi connectivity index (χ0n) is 11.7. The van der Waals surface area contributed by atoms with Crippen molar-refractivity contribution in [3.05, 3.63) is 23.5 Å². The second-order valence-corrected chi connectivity index (χ2v) is 5.09. The van der Waals surface area contributed by atoms with Crippen molar-refractivity contribution in [2.24, 2.45) is 0 Å². The van der Waals surface area contributed by atoms with E-state index in [0.717, 1.165) is 0 Å². The topological polar surface area (TPSA) is 62.5 Å². The van der Waals surface area contributed by atoms with Gasteiger partial charge in [-0.1, -0.05) is 0 Å². The van der Waals surface area contributed by atoms with Gasteiger partial charge in [-0.15, -0.1) is 0 Å². The fourth-order valence-corrected chi connectivity index (χ4v) is 2.30. The molecule has 1 aliphatic rings. The lowest BCUT2D eigenvalue weighted by atomic mass is 10.1. The minimum Gasteiger partial charge on any atom is -0.397 e. The van der Waals surface area contributed by atoms with Crippen LogP contribution in [0.5, 0.6) is 0 Å². The number of halogens is 3. The number of amides is 1. The number of carbonyl (C=O) groups excluding carboxylic acids is 1. The van der Waals surface area contributed by atoms with Gasteiger partial charge in [0.15, 0.2) is 0 Å². The number of alkyl halides is 3. The predicted octanol–water partition coefficient (Wildman–Crippen LogP) is 1.29. The smallest absolute Gasteiger partial charge is 0.397 e. The molecule has 0 aromatic carbocycles. The van der Waals surface area contributed by atoms with Crippen molar-refractivity contribution >= 4 is 11.6 Å². The van der Waals surface area contributed by atoms with Gasteiger partial charge >= 0.3 is 6.18 Å². The van der Waals surface area contributed by atoms with E-state index < -0.39 is 12.7 Å². The number of anilines is 1. The van der Waals surface area contributed by atoms with Crippen LogP contribution in [0.2, 0.25) is 0 Å². The second-order valence-electron chi connectivity index (χ2n) is 5.09. The lowest BCUT2D eigenvalue weighted by Gasteiger charge is -2.35. The lowest BCUT2D eigenvalue weighted by molar-refractivity contribution is -0.148. The lowest BCUT2D eigenvalue weighted by Crippen LogP contribution is -2.51. The molecule has 2 heterocycles. The number of pyridine rings is 1. The van der Waals surface area contributed by atoms with Crippen molar-refractivity contribution in [3.8, 4) is 0 Å². The molecule has 2 rings (SSSR count). The SMILES string of the molecule is Cc1ncc(N)cc1C(=O)N1CCN(CC(F)(F)F)CC1. The number of hydrogen-bond acceptors (Lipinski definition) is 4. The van der Waals surface area contributed by atoms with Gasteiger partial charge in [-0.3, -0.25) is 14.7 Å². The Morgan fingerprint density at radius 2 is 1.95 bits per heavy atom. The maximum absolute atomic E-state index is 12.4. The standard InChI is InChI=1S/C13H17F3N4O/c1-9-11(6-10(17)7-18-9)12(21)20-4-2-19(3-5-20)8-13(14,15)16/h6-7H,2-5,8,17H2,1H3. The first kappa shape index (κ1) is 15.6. The second kappa shape index (κ2) is 5.88. The molecule has 21 heavy (non-hydrogen) atoms. The van der Waals surface area contributed by atoms with Crippen molar-refractivity contribution in [1.29, 1.82) is 0 Å². The van der Waals surface area contributed by atoms with Crippen LogP contribution in [0.15, 0.2) is 12.3 Å². The van der Waals surface area contributed by atoms with E-state index in [4.69, 9.17) is 5.73 Å². The normalized spacial score (nSPS) is 17.0. The highest BCUT2D eigenvalue weighted by Gasteiger charge is 2.33. The first-order valence-corrected chi connectivity index (χ1v) is 6.57. The van der Waals surface area contributed by atoms with E-state index in [1.165, 1.54) is 16.0 Å². The van der Waals surface area contributed by atoms with Gasteiger partial charge in [0, 0.05) is 26.2 Å². The minimum absolute atomic E-state index is 0.208. The summed E-state index contributed by atoms with van der Waals surface area (Å²) in [4.78, 5) is 19.2. The molecule has 5 nitrogen and oxygen atoms in total. The molecule has 0 aliphatic carbocycles. The molecular weight excluding hydrogens is 285 g/mol. The number of hydrogen-bond donors (Lipinski definition) is 1. The summed E-state index contributed by atoms with van der Waals surface area (Å²) >= 11 is 0. The molecule has 0 saturated carbocycles.